The van der Waals surface area contributed by atoms with Crippen LogP contribution in [0.5, 0.6) is 0 Å². The Morgan fingerprint density at radius 1 is 1.05 bits per heavy atom. The first-order valence-corrected chi connectivity index (χ1v) is 13.1. The highest BCUT2D eigenvalue weighted by Gasteiger charge is 2.37. The van der Waals surface area contributed by atoms with Gasteiger partial charge in [-0.15, -0.1) is 0 Å². The Morgan fingerprint density at radius 3 is 2.69 bits per heavy atom. The molecular weight excluding hydrogens is 502 g/mol. The molecule has 3 aromatic heterocycles. The summed E-state index contributed by atoms with van der Waals surface area (Å²) in [5, 5.41) is 10.9. The first-order chi connectivity index (χ1) is 18.8. The molecule has 6 rings (SSSR count). The molecule has 9 nitrogen and oxygen atoms in total. The number of halogens is 2. The molecule has 2 N–H and O–H groups in total. The Kier molecular flexibility index (Phi) is 6.69. The van der Waals surface area contributed by atoms with E-state index in [1.54, 1.807) is 29.6 Å². The highest BCUT2D eigenvalue weighted by atomic mass is 19.3. The van der Waals surface area contributed by atoms with Gasteiger partial charge in [0.2, 0.25) is 0 Å². The number of amides is 1. The summed E-state index contributed by atoms with van der Waals surface area (Å²) in [6.07, 6.45) is 5.03. The number of aromatic amines is 1. The van der Waals surface area contributed by atoms with Crippen molar-refractivity contribution in [1.82, 2.24) is 30.0 Å². The number of likely N-dealkylation sites (tertiary alicyclic amines) is 1. The molecule has 2 fully saturated rings. The van der Waals surface area contributed by atoms with Crippen LogP contribution in [0.2, 0.25) is 0 Å². The third-order valence-corrected chi connectivity index (χ3v) is 7.39. The topological polar surface area (TPSA) is 93.3 Å². The fraction of sp³-hybridized carbons (Fsp3) is 0.357. The first kappa shape index (κ1) is 25.3. The molecule has 39 heavy (non-hydrogen) atoms. The van der Waals surface area contributed by atoms with Crippen LogP contribution in [0.1, 0.15) is 22.5 Å². The van der Waals surface area contributed by atoms with Crippen LogP contribution in [0.15, 0.2) is 55.0 Å². The van der Waals surface area contributed by atoms with Crippen molar-refractivity contribution in [3.63, 3.8) is 0 Å². The van der Waals surface area contributed by atoms with Crippen molar-refractivity contribution >= 4 is 28.3 Å². The zero-order valence-electron chi connectivity index (χ0n) is 21.7. The molecule has 0 saturated carbocycles. The lowest BCUT2D eigenvalue weighted by molar-refractivity contribution is 0.0115. The average Bonchev–Trinajstić information content (AvgIpc) is 3.51. The van der Waals surface area contributed by atoms with Crippen molar-refractivity contribution in [2.24, 2.45) is 0 Å². The number of carbonyl (C=O) groups excluding carboxylic acids is 1. The van der Waals surface area contributed by atoms with Crippen LogP contribution in [0, 0.1) is 0 Å². The number of hydrogen-bond donors (Lipinski definition) is 2. The van der Waals surface area contributed by atoms with Crippen LogP contribution in [-0.2, 0) is 6.54 Å². The second-order valence-corrected chi connectivity index (χ2v) is 10.4. The van der Waals surface area contributed by atoms with Gasteiger partial charge in [-0.25, -0.2) is 13.8 Å². The number of aromatic nitrogens is 4. The number of alkyl halides is 2. The lowest BCUT2D eigenvalue weighted by atomic mass is 10.0. The minimum absolute atomic E-state index is 0.112. The fourth-order valence-electron chi connectivity index (χ4n) is 5.19. The van der Waals surface area contributed by atoms with Gasteiger partial charge >= 0.3 is 0 Å². The number of likely N-dealkylation sites (N-methyl/N-ethyl adjacent to an activating group) is 1. The number of fused-ring (bicyclic) bond motifs is 1. The summed E-state index contributed by atoms with van der Waals surface area (Å²) in [5.74, 6) is -2.12. The molecule has 0 radical (unpaired) electrons. The summed E-state index contributed by atoms with van der Waals surface area (Å²) in [6.45, 7) is 4.25. The minimum atomic E-state index is -2.63. The lowest BCUT2D eigenvalue weighted by Gasteiger charge is -2.33. The van der Waals surface area contributed by atoms with Gasteiger partial charge in [0.25, 0.3) is 11.8 Å². The Balaban J connectivity index is 1.20. The summed E-state index contributed by atoms with van der Waals surface area (Å²) < 4.78 is 27.2. The molecule has 4 aromatic rings. The van der Waals surface area contributed by atoms with Crippen molar-refractivity contribution < 1.29 is 13.6 Å². The van der Waals surface area contributed by atoms with Gasteiger partial charge in [0.15, 0.2) is 5.69 Å². The lowest BCUT2D eigenvalue weighted by Crippen LogP contribution is -2.44. The molecule has 2 aliphatic rings. The number of nitrogens with zero attached hydrogens (tertiary/aromatic N) is 6. The largest absolute Gasteiger partial charge is 0.354 e. The quantitative estimate of drug-likeness (QED) is 0.390. The normalized spacial score (nSPS) is 18.1. The number of hydrogen-bond acceptors (Lipinski definition) is 7. The summed E-state index contributed by atoms with van der Waals surface area (Å²) in [4.78, 5) is 28.3. The van der Waals surface area contributed by atoms with Crippen LogP contribution >= 0.6 is 0 Å². The standard InChI is InChI=1S/C28H30F2N8O/c1-36-8-10-38(11-9-36)25-14-22(4-6-32-25)33-27(39)26-23-13-20(2-3-24(23)34-35-26)21-12-19(15-31-16-21)17-37-7-5-28(29,30)18-37/h2-4,6,12-16H,5,7-11,17-18H2,1H3,(H,34,35)(H,32,33,39). The number of pyridine rings is 2. The summed E-state index contributed by atoms with van der Waals surface area (Å²) in [6, 6.07) is 11.3. The molecule has 0 spiro atoms. The Bertz CT molecular complexity index is 1500. The Hall–Kier alpha value is -3.96. The van der Waals surface area contributed by atoms with Gasteiger partial charge in [-0.3, -0.25) is 19.8 Å². The Morgan fingerprint density at radius 2 is 1.90 bits per heavy atom. The number of piperazine rings is 1. The summed E-state index contributed by atoms with van der Waals surface area (Å²) in [7, 11) is 2.10. The third kappa shape index (κ3) is 5.59. The van der Waals surface area contributed by atoms with E-state index in [0.717, 1.165) is 54.2 Å². The van der Waals surface area contributed by atoms with E-state index >= 15 is 0 Å². The van der Waals surface area contributed by atoms with Crippen molar-refractivity contribution in [2.75, 3.05) is 56.5 Å². The number of anilines is 2. The van der Waals surface area contributed by atoms with Gasteiger partial charge in [-0.05, 0) is 42.4 Å². The maximum Gasteiger partial charge on any atom is 0.276 e. The van der Waals surface area contributed by atoms with Gasteiger partial charge in [-0.2, -0.15) is 5.10 Å². The van der Waals surface area contributed by atoms with Crippen LogP contribution in [0.4, 0.5) is 20.3 Å². The van der Waals surface area contributed by atoms with Crippen molar-refractivity contribution in [1.29, 1.82) is 0 Å². The highest BCUT2D eigenvalue weighted by Crippen LogP contribution is 2.30. The average molecular weight is 533 g/mol. The molecule has 0 atom stereocenters. The minimum Gasteiger partial charge on any atom is -0.354 e. The summed E-state index contributed by atoms with van der Waals surface area (Å²) >= 11 is 0. The maximum atomic E-state index is 13.6. The van der Waals surface area contributed by atoms with Crippen molar-refractivity contribution in [3.05, 3.63) is 66.2 Å². The number of H-pyrrole nitrogens is 1. The molecule has 1 amide bonds. The monoisotopic (exact) mass is 532 g/mol. The zero-order chi connectivity index (χ0) is 27.0. The molecule has 1 aromatic carbocycles. The Labute approximate surface area is 224 Å². The van der Waals surface area contributed by atoms with Crippen LogP contribution in [0.3, 0.4) is 0 Å². The molecule has 0 bridgehead atoms. The molecule has 11 heteroatoms. The van der Waals surface area contributed by atoms with Gasteiger partial charge in [0, 0.05) is 87.0 Å². The van der Waals surface area contributed by atoms with Crippen LogP contribution in [-0.4, -0.2) is 88.1 Å². The van der Waals surface area contributed by atoms with Gasteiger partial charge in [0.1, 0.15) is 5.82 Å². The maximum absolute atomic E-state index is 13.6. The van der Waals surface area contributed by atoms with Gasteiger partial charge in [-0.1, -0.05) is 6.07 Å². The van der Waals surface area contributed by atoms with E-state index in [2.05, 4.69) is 42.3 Å². The predicted octanol–water partition coefficient (Wildman–Crippen LogP) is 3.87. The van der Waals surface area contributed by atoms with E-state index in [0.29, 0.717) is 24.2 Å². The van der Waals surface area contributed by atoms with E-state index < -0.39 is 5.92 Å². The molecule has 0 aliphatic carbocycles. The zero-order valence-corrected chi connectivity index (χ0v) is 21.7. The second kappa shape index (κ2) is 10.3. The summed E-state index contributed by atoms with van der Waals surface area (Å²) in [5.41, 5.74) is 4.25. The van der Waals surface area contributed by atoms with Crippen LogP contribution in [0.25, 0.3) is 22.0 Å². The SMILES string of the molecule is CN1CCN(c2cc(NC(=O)c3n[nH]c4ccc(-c5cncc(CN6CCC(F)(F)C6)c5)cc34)ccn2)CC1. The van der Waals surface area contributed by atoms with Gasteiger partial charge < -0.3 is 15.1 Å². The second-order valence-electron chi connectivity index (χ2n) is 10.4. The van der Waals surface area contributed by atoms with Crippen LogP contribution < -0.4 is 10.2 Å². The molecule has 0 unspecified atom stereocenters. The number of carbonyl (C=O) groups is 1. The van der Waals surface area contributed by atoms with Crippen molar-refractivity contribution in [3.8, 4) is 11.1 Å². The van der Waals surface area contributed by atoms with E-state index in [4.69, 9.17) is 0 Å². The number of nitrogens with one attached hydrogen (secondary N) is 2. The third-order valence-electron chi connectivity index (χ3n) is 7.39. The van der Waals surface area contributed by atoms with E-state index in [1.165, 1.54) is 0 Å². The number of benzene rings is 1. The first-order valence-electron chi connectivity index (χ1n) is 13.1. The van der Waals surface area contributed by atoms with Crippen molar-refractivity contribution in [2.45, 2.75) is 18.9 Å². The van der Waals surface area contributed by atoms with E-state index in [9.17, 15) is 13.6 Å². The molecular formula is C28H30F2N8O. The van der Waals surface area contributed by atoms with Gasteiger partial charge in [0.05, 0.1) is 12.1 Å². The smallest absolute Gasteiger partial charge is 0.276 e. The number of rotatable bonds is 6. The predicted molar refractivity (Wildman–Crippen MR) is 146 cm³/mol. The van der Waals surface area contributed by atoms with E-state index in [-0.39, 0.29) is 24.6 Å². The fourth-order valence-corrected chi connectivity index (χ4v) is 5.19. The molecule has 2 aliphatic heterocycles. The molecule has 202 valence electrons. The molecule has 2 saturated heterocycles. The molecule has 5 heterocycles. The van der Waals surface area contributed by atoms with E-state index in [1.807, 2.05) is 30.3 Å². The highest BCUT2D eigenvalue weighted by molar-refractivity contribution is 6.11.